The van der Waals surface area contributed by atoms with Gasteiger partial charge in [0.25, 0.3) is 0 Å². The predicted molar refractivity (Wildman–Crippen MR) is 94.9 cm³/mol. The minimum Gasteiger partial charge on any atom is -0.369 e. The molecule has 3 rings (SSSR count). The Morgan fingerprint density at radius 2 is 1.91 bits per heavy atom. The Bertz CT molecular complexity index is 627. The van der Waals surface area contributed by atoms with Crippen molar-refractivity contribution in [2.45, 2.75) is 33.7 Å². The first kappa shape index (κ1) is 15.5. The summed E-state index contributed by atoms with van der Waals surface area (Å²) in [5.41, 5.74) is 5.45. The lowest BCUT2D eigenvalue weighted by Crippen LogP contribution is -2.46. The Labute approximate surface area is 137 Å². The van der Waals surface area contributed by atoms with E-state index in [9.17, 15) is 0 Å². The molecule has 0 spiro atoms. The van der Waals surface area contributed by atoms with Crippen molar-refractivity contribution in [1.29, 1.82) is 0 Å². The second-order valence-corrected chi connectivity index (χ2v) is 7.01. The topological polar surface area (TPSA) is 19.4 Å². The molecule has 2 aromatic rings. The van der Waals surface area contributed by atoms with Crippen LogP contribution in [0.15, 0.2) is 23.6 Å². The maximum absolute atomic E-state index is 4.69. The highest BCUT2D eigenvalue weighted by Crippen LogP contribution is 2.24. The molecule has 0 amide bonds. The monoisotopic (exact) mass is 315 g/mol. The maximum atomic E-state index is 4.69. The molecule has 0 saturated carbocycles. The number of benzene rings is 1. The maximum Gasteiger partial charge on any atom is 0.0926 e. The van der Waals surface area contributed by atoms with Gasteiger partial charge in [-0.1, -0.05) is 19.1 Å². The van der Waals surface area contributed by atoms with Gasteiger partial charge in [0.2, 0.25) is 0 Å². The lowest BCUT2D eigenvalue weighted by Gasteiger charge is -2.36. The van der Waals surface area contributed by atoms with E-state index in [-0.39, 0.29) is 0 Å². The molecule has 1 saturated heterocycles. The van der Waals surface area contributed by atoms with Crippen LogP contribution in [0.4, 0.5) is 5.69 Å². The van der Waals surface area contributed by atoms with Crippen molar-refractivity contribution in [3.05, 3.63) is 45.4 Å². The standard InChI is InChI=1S/C18H25N3S/c1-4-18-19-16(13-22-18)12-20-8-10-21(11-9-20)17-7-5-6-14(2)15(17)3/h5-7,13H,4,8-12H2,1-3H3. The van der Waals surface area contributed by atoms with Gasteiger partial charge in [0.15, 0.2) is 0 Å². The van der Waals surface area contributed by atoms with Crippen molar-refractivity contribution in [2.24, 2.45) is 0 Å². The van der Waals surface area contributed by atoms with Crippen LogP contribution in [-0.2, 0) is 13.0 Å². The normalized spacial score (nSPS) is 16.2. The first-order valence-corrected chi connectivity index (χ1v) is 9.02. The quantitative estimate of drug-likeness (QED) is 0.858. The van der Waals surface area contributed by atoms with E-state index in [2.05, 4.69) is 59.1 Å². The smallest absolute Gasteiger partial charge is 0.0926 e. The van der Waals surface area contributed by atoms with E-state index in [4.69, 9.17) is 0 Å². The summed E-state index contributed by atoms with van der Waals surface area (Å²) in [7, 11) is 0. The number of aryl methyl sites for hydroxylation is 2. The lowest BCUT2D eigenvalue weighted by atomic mass is 10.1. The van der Waals surface area contributed by atoms with E-state index < -0.39 is 0 Å². The minimum absolute atomic E-state index is 0.997. The minimum atomic E-state index is 0.997. The molecule has 2 heterocycles. The molecule has 1 aromatic carbocycles. The predicted octanol–water partition coefficient (Wildman–Crippen LogP) is 3.64. The van der Waals surface area contributed by atoms with Crippen molar-refractivity contribution in [2.75, 3.05) is 31.1 Å². The highest BCUT2D eigenvalue weighted by molar-refractivity contribution is 7.09. The van der Waals surface area contributed by atoms with Crippen molar-refractivity contribution in [1.82, 2.24) is 9.88 Å². The van der Waals surface area contributed by atoms with Gasteiger partial charge >= 0.3 is 0 Å². The Morgan fingerprint density at radius 3 is 2.59 bits per heavy atom. The highest BCUT2D eigenvalue weighted by Gasteiger charge is 2.19. The summed E-state index contributed by atoms with van der Waals surface area (Å²) >= 11 is 1.79. The van der Waals surface area contributed by atoms with E-state index >= 15 is 0 Å². The third-order valence-corrected chi connectivity index (χ3v) is 5.62. The van der Waals surface area contributed by atoms with Crippen LogP contribution in [0.2, 0.25) is 0 Å². The zero-order valence-electron chi connectivity index (χ0n) is 13.8. The largest absolute Gasteiger partial charge is 0.369 e. The second kappa shape index (κ2) is 6.80. The van der Waals surface area contributed by atoms with Gasteiger partial charge in [-0.25, -0.2) is 4.98 Å². The summed E-state index contributed by atoms with van der Waals surface area (Å²) in [6.45, 7) is 12.0. The Morgan fingerprint density at radius 1 is 1.14 bits per heavy atom. The molecule has 0 aliphatic carbocycles. The summed E-state index contributed by atoms with van der Waals surface area (Å²) < 4.78 is 0. The molecule has 0 bridgehead atoms. The number of hydrogen-bond acceptors (Lipinski definition) is 4. The molecule has 0 N–H and O–H groups in total. The van der Waals surface area contributed by atoms with Crippen LogP contribution in [0.25, 0.3) is 0 Å². The number of hydrogen-bond donors (Lipinski definition) is 0. The van der Waals surface area contributed by atoms with E-state index in [1.165, 1.54) is 27.5 Å². The van der Waals surface area contributed by atoms with Gasteiger partial charge in [0, 0.05) is 43.8 Å². The van der Waals surface area contributed by atoms with Crippen LogP contribution in [0.5, 0.6) is 0 Å². The number of anilines is 1. The zero-order chi connectivity index (χ0) is 15.5. The number of thiazole rings is 1. The lowest BCUT2D eigenvalue weighted by molar-refractivity contribution is 0.247. The van der Waals surface area contributed by atoms with Crippen LogP contribution in [0.3, 0.4) is 0 Å². The highest BCUT2D eigenvalue weighted by atomic mass is 32.1. The number of rotatable bonds is 4. The first-order chi connectivity index (χ1) is 10.7. The fourth-order valence-corrected chi connectivity index (χ4v) is 3.77. The molecule has 1 aromatic heterocycles. The van der Waals surface area contributed by atoms with Gasteiger partial charge in [-0.2, -0.15) is 0 Å². The Balaban J connectivity index is 1.59. The van der Waals surface area contributed by atoms with Crippen LogP contribution < -0.4 is 4.90 Å². The molecule has 0 unspecified atom stereocenters. The molecule has 0 radical (unpaired) electrons. The molecule has 0 atom stereocenters. The first-order valence-electron chi connectivity index (χ1n) is 8.14. The Kier molecular flexibility index (Phi) is 4.79. The summed E-state index contributed by atoms with van der Waals surface area (Å²) in [5.74, 6) is 0. The molecule has 1 aliphatic rings. The van der Waals surface area contributed by atoms with E-state index in [0.717, 1.165) is 39.1 Å². The van der Waals surface area contributed by atoms with E-state index in [1.807, 2.05) is 0 Å². The zero-order valence-corrected chi connectivity index (χ0v) is 14.6. The van der Waals surface area contributed by atoms with E-state index in [0.29, 0.717) is 0 Å². The molecule has 1 fully saturated rings. The van der Waals surface area contributed by atoms with Gasteiger partial charge in [-0.05, 0) is 37.5 Å². The average Bonchev–Trinajstić information content (AvgIpc) is 2.99. The molecular formula is C18H25N3S. The second-order valence-electron chi connectivity index (χ2n) is 6.07. The van der Waals surface area contributed by atoms with Crippen molar-refractivity contribution < 1.29 is 0 Å². The third kappa shape index (κ3) is 3.33. The van der Waals surface area contributed by atoms with Gasteiger partial charge in [-0.15, -0.1) is 11.3 Å². The van der Waals surface area contributed by atoms with Crippen molar-refractivity contribution in [3.8, 4) is 0 Å². The van der Waals surface area contributed by atoms with Crippen molar-refractivity contribution >= 4 is 17.0 Å². The third-order valence-electron chi connectivity index (χ3n) is 4.58. The molecule has 4 heteroatoms. The molecule has 1 aliphatic heterocycles. The van der Waals surface area contributed by atoms with Crippen LogP contribution in [-0.4, -0.2) is 36.1 Å². The fourth-order valence-electron chi connectivity index (χ4n) is 3.04. The molecule has 22 heavy (non-hydrogen) atoms. The fraction of sp³-hybridized carbons (Fsp3) is 0.500. The summed E-state index contributed by atoms with van der Waals surface area (Å²) in [5, 5.41) is 3.47. The van der Waals surface area contributed by atoms with Gasteiger partial charge in [0.1, 0.15) is 0 Å². The number of aromatic nitrogens is 1. The van der Waals surface area contributed by atoms with Crippen molar-refractivity contribution in [3.63, 3.8) is 0 Å². The van der Waals surface area contributed by atoms with Crippen LogP contribution >= 0.6 is 11.3 Å². The van der Waals surface area contributed by atoms with E-state index in [1.54, 1.807) is 11.3 Å². The number of piperazine rings is 1. The number of nitrogens with zero attached hydrogens (tertiary/aromatic N) is 3. The Hall–Kier alpha value is -1.39. The average molecular weight is 315 g/mol. The summed E-state index contributed by atoms with van der Waals surface area (Å²) in [6.07, 6.45) is 1.05. The SMILES string of the molecule is CCc1nc(CN2CCN(c3cccc(C)c3C)CC2)cs1. The summed E-state index contributed by atoms with van der Waals surface area (Å²) in [6, 6.07) is 6.63. The van der Waals surface area contributed by atoms with Gasteiger partial charge < -0.3 is 4.90 Å². The summed E-state index contributed by atoms with van der Waals surface area (Å²) in [4.78, 5) is 9.74. The van der Waals surface area contributed by atoms with Gasteiger partial charge in [-0.3, -0.25) is 4.90 Å². The van der Waals surface area contributed by atoms with Crippen LogP contribution in [0, 0.1) is 13.8 Å². The van der Waals surface area contributed by atoms with Crippen LogP contribution in [0.1, 0.15) is 28.8 Å². The molecule has 118 valence electrons. The van der Waals surface area contributed by atoms with Gasteiger partial charge in [0.05, 0.1) is 10.7 Å². The molecular weight excluding hydrogens is 290 g/mol. The molecule has 3 nitrogen and oxygen atoms in total.